The lowest BCUT2D eigenvalue weighted by Gasteiger charge is -2.19. The highest BCUT2D eigenvalue weighted by Gasteiger charge is 2.15. The number of aryl methyl sites for hydroxylation is 1. The number of thiazole rings is 1. The largest absolute Gasteiger partial charge is 0.393 e. The number of benzene rings is 1. The molecule has 2 atom stereocenters. The number of aliphatic hydroxyl groups excluding tert-OH is 1. The average Bonchev–Trinajstić information content (AvgIpc) is 2.95. The van der Waals surface area contributed by atoms with Crippen LogP contribution in [-0.2, 0) is 6.54 Å². The van der Waals surface area contributed by atoms with Gasteiger partial charge in [-0.2, -0.15) is 0 Å². The van der Waals surface area contributed by atoms with Crippen LogP contribution in [0.3, 0.4) is 0 Å². The molecule has 3 N–H and O–H groups in total. The lowest BCUT2D eigenvalue weighted by Crippen LogP contribution is -2.37. The van der Waals surface area contributed by atoms with E-state index in [1.54, 1.807) is 24.5 Å². The summed E-state index contributed by atoms with van der Waals surface area (Å²) in [7, 11) is 0. The summed E-state index contributed by atoms with van der Waals surface area (Å²) in [5.41, 5.74) is 1.12. The summed E-state index contributed by atoms with van der Waals surface area (Å²) in [6.07, 6.45) is 1.98. The molecule has 0 bridgehead atoms. The first-order valence-corrected chi connectivity index (χ1v) is 8.52. The first kappa shape index (κ1) is 17.4. The predicted octanol–water partition coefficient (Wildman–Crippen LogP) is 2.81. The lowest BCUT2D eigenvalue weighted by atomic mass is 9.93. The molecule has 0 spiro atoms. The van der Waals surface area contributed by atoms with Gasteiger partial charge in [-0.1, -0.05) is 30.3 Å². The number of rotatable bonds is 7. The van der Waals surface area contributed by atoms with E-state index in [-0.39, 0.29) is 11.9 Å². The van der Waals surface area contributed by atoms with Gasteiger partial charge in [-0.15, -0.1) is 11.3 Å². The van der Waals surface area contributed by atoms with Crippen LogP contribution in [0.5, 0.6) is 0 Å². The second kappa shape index (κ2) is 8.64. The van der Waals surface area contributed by atoms with E-state index in [1.165, 1.54) is 0 Å². The van der Waals surface area contributed by atoms with Crippen LogP contribution in [0, 0.1) is 6.92 Å². The lowest BCUT2D eigenvalue weighted by molar-refractivity contribution is 0.173. The van der Waals surface area contributed by atoms with Crippen molar-refractivity contribution >= 4 is 17.4 Å². The van der Waals surface area contributed by atoms with Crippen molar-refractivity contribution in [2.45, 2.75) is 38.8 Å². The predicted molar refractivity (Wildman–Crippen MR) is 92.6 cm³/mol. The molecule has 0 fully saturated rings. The molecule has 0 saturated carbocycles. The third-order valence-electron chi connectivity index (χ3n) is 3.50. The summed E-state index contributed by atoms with van der Waals surface area (Å²) in [6, 6.07) is 9.73. The van der Waals surface area contributed by atoms with E-state index >= 15 is 0 Å². The highest BCUT2D eigenvalue weighted by atomic mass is 32.1. The molecule has 0 radical (unpaired) electrons. The van der Waals surface area contributed by atoms with Crippen LogP contribution in [0.1, 0.15) is 34.7 Å². The summed E-state index contributed by atoms with van der Waals surface area (Å²) in [5, 5.41) is 16.4. The van der Waals surface area contributed by atoms with Crippen LogP contribution in [-0.4, -0.2) is 28.8 Å². The van der Waals surface area contributed by atoms with Crippen LogP contribution in [0.15, 0.2) is 36.5 Å². The van der Waals surface area contributed by atoms with Gasteiger partial charge in [0.05, 0.1) is 17.7 Å². The number of hydrogen-bond donors (Lipinski definition) is 3. The molecule has 1 aromatic carbocycles. The molecule has 2 unspecified atom stereocenters. The summed E-state index contributed by atoms with van der Waals surface area (Å²) in [4.78, 5) is 17.1. The molecule has 5 nitrogen and oxygen atoms in total. The number of hydrogen-bond acceptors (Lipinski definition) is 4. The van der Waals surface area contributed by atoms with E-state index in [9.17, 15) is 9.90 Å². The van der Waals surface area contributed by atoms with Gasteiger partial charge in [0.2, 0.25) is 0 Å². The fraction of sp³-hybridized carbons (Fsp3) is 0.412. The number of aliphatic hydroxyl groups is 1. The molecule has 124 valence electrons. The molecule has 1 aromatic heterocycles. The summed E-state index contributed by atoms with van der Waals surface area (Å²) in [5.74, 6) is 0.0904. The van der Waals surface area contributed by atoms with Gasteiger partial charge in [0.25, 0.3) is 0 Å². The first-order valence-electron chi connectivity index (χ1n) is 7.70. The third kappa shape index (κ3) is 6.00. The van der Waals surface area contributed by atoms with Crippen molar-refractivity contribution in [3.8, 4) is 0 Å². The maximum absolute atomic E-state index is 11.9. The second-order valence-electron chi connectivity index (χ2n) is 5.60. The van der Waals surface area contributed by atoms with Gasteiger partial charge in [-0.05, 0) is 25.8 Å². The number of carbonyl (C=O) groups excluding carboxylic acids is 1. The molecule has 0 aliphatic heterocycles. The Morgan fingerprint density at radius 3 is 2.65 bits per heavy atom. The van der Waals surface area contributed by atoms with Crippen LogP contribution < -0.4 is 10.6 Å². The highest BCUT2D eigenvalue weighted by molar-refractivity contribution is 7.11. The number of amides is 2. The Morgan fingerprint density at radius 1 is 1.30 bits per heavy atom. The van der Waals surface area contributed by atoms with E-state index < -0.39 is 6.10 Å². The number of carbonyl (C=O) groups is 1. The van der Waals surface area contributed by atoms with Crippen molar-refractivity contribution in [2.75, 3.05) is 6.54 Å². The van der Waals surface area contributed by atoms with Crippen molar-refractivity contribution in [2.24, 2.45) is 0 Å². The molecule has 2 rings (SSSR count). The SMILES string of the molecule is Cc1ncc(CNC(=O)NCC(CC(C)O)c2ccccc2)s1. The molecule has 23 heavy (non-hydrogen) atoms. The summed E-state index contributed by atoms with van der Waals surface area (Å²) >= 11 is 1.57. The van der Waals surface area contributed by atoms with Gasteiger partial charge in [0.15, 0.2) is 0 Å². The molecule has 1 heterocycles. The molecule has 0 aliphatic carbocycles. The van der Waals surface area contributed by atoms with E-state index in [0.29, 0.717) is 19.5 Å². The zero-order valence-electron chi connectivity index (χ0n) is 13.5. The van der Waals surface area contributed by atoms with Crippen molar-refractivity contribution < 1.29 is 9.90 Å². The van der Waals surface area contributed by atoms with E-state index in [1.807, 2.05) is 37.3 Å². The minimum atomic E-state index is -0.412. The maximum Gasteiger partial charge on any atom is 0.315 e. The minimum Gasteiger partial charge on any atom is -0.393 e. The van der Waals surface area contributed by atoms with E-state index in [0.717, 1.165) is 15.4 Å². The Balaban J connectivity index is 1.84. The second-order valence-corrected chi connectivity index (χ2v) is 6.92. The Labute approximate surface area is 140 Å². The zero-order valence-corrected chi connectivity index (χ0v) is 14.3. The van der Waals surface area contributed by atoms with Gasteiger partial charge in [-0.3, -0.25) is 0 Å². The quantitative estimate of drug-likeness (QED) is 0.729. The number of urea groups is 1. The Kier molecular flexibility index (Phi) is 6.55. The van der Waals surface area contributed by atoms with Crippen molar-refractivity contribution in [3.63, 3.8) is 0 Å². The van der Waals surface area contributed by atoms with E-state index in [4.69, 9.17) is 0 Å². The summed E-state index contributed by atoms with van der Waals surface area (Å²) in [6.45, 7) is 4.67. The van der Waals surface area contributed by atoms with Gasteiger partial charge in [-0.25, -0.2) is 9.78 Å². The Morgan fingerprint density at radius 2 is 2.04 bits per heavy atom. The Hall–Kier alpha value is -1.92. The van der Waals surface area contributed by atoms with Crippen molar-refractivity contribution in [1.29, 1.82) is 0 Å². The molecule has 0 saturated heterocycles. The summed E-state index contributed by atoms with van der Waals surface area (Å²) < 4.78 is 0. The molecule has 6 heteroatoms. The van der Waals surface area contributed by atoms with Crippen molar-refractivity contribution in [3.05, 3.63) is 52.0 Å². The van der Waals surface area contributed by atoms with Gasteiger partial charge < -0.3 is 15.7 Å². The average molecular weight is 333 g/mol. The van der Waals surface area contributed by atoms with Crippen LogP contribution in [0.4, 0.5) is 4.79 Å². The van der Waals surface area contributed by atoms with Gasteiger partial charge in [0, 0.05) is 23.5 Å². The van der Waals surface area contributed by atoms with Gasteiger partial charge in [0.1, 0.15) is 0 Å². The van der Waals surface area contributed by atoms with E-state index in [2.05, 4.69) is 15.6 Å². The minimum absolute atomic E-state index is 0.0904. The molecular formula is C17H23N3O2S. The fourth-order valence-electron chi connectivity index (χ4n) is 2.41. The fourth-order valence-corrected chi connectivity index (χ4v) is 3.14. The number of aromatic nitrogens is 1. The van der Waals surface area contributed by atoms with Crippen LogP contribution in [0.2, 0.25) is 0 Å². The molecule has 2 amide bonds. The molecular weight excluding hydrogens is 310 g/mol. The Bertz CT molecular complexity index is 613. The highest BCUT2D eigenvalue weighted by Crippen LogP contribution is 2.20. The standard InChI is InChI=1S/C17H23N3O2S/c1-12(21)8-15(14-6-4-3-5-7-14)9-19-17(22)20-11-16-10-18-13(2)23-16/h3-7,10,12,15,21H,8-9,11H2,1-2H3,(H2,19,20,22). The third-order valence-corrected chi connectivity index (χ3v) is 4.41. The zero-order chi connectivity index (χ0) is 16.7. The smallest absolute Gasteiger partial charge is 0.315 e. The normalized spacial score (nSPS) is 13.3. The number of nitrogens with one attached hydrogen (secondary N) is 2. The maximum atomic E-state index is 11.9. The monoisotopic (exact) mass is 333 g/mol. The van der Waals surface area contributed by atoms with Gasteiger partial charge >= 0.3 is 6.03 Å². The molecule has 2 aromatic rings. The van der Waals surface area contributed by atoms with Crippen LogP contribution >= 0.6 is 11.3 Å². The number of nitrogens with zero attached hydrogens (tertiary/aromatic N) is 1. The first-order chi connectivity index (χ1) is 11.0. The molecule has 0 aliphatic rings. The topological polar surface area (TPSA) is 74.2 Å². The van der Waals surface area contributed by atoms with Crippen LogP contribution in [0.25, 0.3) is 0 Å². The van der Waals surface area contributed by atoms with Crippen molar-refractivity contribution in [1.82, 2.24) is 15.6 Å².